The van der Waals surface area contributed by atoms with E-state index in [0.717, 1.165) is 17.7 Å². The van der Waals surface area contributed by atoms with Crippen molar-refractivity contribution >= 4 is 21.8 Å². The van der Waals surface area contributed by atoms with Crippen LogP contribution in [0, 0.1) is 0 Å². The molecule has 0 saturated heterocycles. The number of methoxy groups -OCH3 is 1. The highest BCUT2D eigenvalue weighted by atomic mass is 79.9. The van der Waals surface area contributed by atoms with Gasteiger partial charge < -0.3 is 10.1 Å². The molecule has 0 aliphatic carbocycles. The SMILES string of the molecule is CCC(Br)C(=O)N[C@H](C)c1cccc(OC)c1. The molecule has 1 unspecified atom stereocenters. The fourth-order valence-corrected chi connectivity index (χ4v) is 1.62. The molecule has 1 rings (SSSR count). The summed E-state index contributed by atoms with van der Waals surface area (Å²) in [6.45, 7) is 3.93. The lowest BCUT2D eigenvalue weighted by Crippen LogP contribution is -2.32. The van der Waals surface area contributed by atoms with E-state index < -0.39 is 0 Å². The molecule has 0 aliphatic heterocycles. The second-order valence-electron chi connectivity index (χ2n) is 3.88. The maximum Gasteiger partial charge on any atom is 0.234 e. The zero-order valence-electron chi connectivity index (χ0n) is 10.4. The van der Waals surface area contributed by atoms with Crippen molar-refractivity contribution in [2.24, 2.45) is 0 Å². The van der Waals surface area contributed by atoms with Crippen molar-refractivity contribution in [2.45, 2.75) is 31.1 Å². The fourth-order valence-electron chi connectivity index (χ4n) is 1.48. The van der Waals surface area contributed by atoms with Crippen LogP contribution in [0.4, 0.5) is 0 Å². The Hall–Kier alpha value is -1.03. The highest BCUT2D eigenvalue weighted by Crippen LogP contribution is 2.19. The normalized spacial score (nSPS) is 13.9. The van der Waals surface area contributed by atoms with E-state index >= 15 is 0 Å². The topological polar surface area (TPSA) is 38.3 Å². The van der Waals surface area contributed by atoms with Crippen LogP contribution in [-0.4, -0.2) is 17.8 Å². The monoisotopic (exact) mass is 299 g/mol. The van der Waals surface area contributed by atoms with Gasteiger partial charge in [-0.1, -0.05) is 35.0 Å². The van der Waals surface area contributed by atoms with E-state index in [1.165, 1.54) is 0 Å². The van der Waals surface area contributed by atoms with Crippen LogP contribution >= 0.6 is 15.9 Å². The summed E-state index contributed by atoms with van der Waals surface area (Å²) in [5, 5.41) is 2.96. The second-order valence-corrected chi connectivity index (χ2v) is 4.99. The van der Waals surface area contributed by atoms with Gasteiger partial charge in [0.25, 0.3) is 0 Å². The smallest absolute Gasteiger partial charge is 0.234 e. The van der Waals surface area contributed by atoms with Crippen molar-refractivity contribution in [1.29, 1.82) is 0 Å². The Morgan fingerprint density at radius 1 is 1.53 bits per heavy atom. The van der Waals surface area contributed by atoms with Gasteiger partial charge in [0.15, 0.2) is 0 Å². The summed E-state index contributed by atoms with van der Waals surface area (Å²) in [6, 6.07) is 7.69. The molecule has 1 aromatic carbocycles. The van der Waals surface area contributed by atoms with Crippen molar-refractivity contribution in [2.75, 3.05) is 7.11 Å². The van der Waals surface area contributed by atoms with Crippen LogP contribution in [0.5, 0.6) is 5.75 Å². The predicted octanol–water partition coefficient (Wildman–Crippen LogP) is 3.05. The average Bonchev–Trinajstić information content (AvgIpc) is 2.37. The molecule has 0 spiro atoms. The third-order valence-electron chi connectivity index (χ3n) is 2.60. The zero-order chi connectivity index (χ0) is 12.8. The molecule has 0 radical (unpaired) electrons. The Labute approximate surface area is 111 Å². The largest absolute Gasteiger partial charge is 0.497 e. The van der Waals surface area contributed by atoms with Gasteiger partial charge in [-0.3, -0.25) is 4.79 Å². The number of hydrogen-bond donors (Lipinski definition) is 1. The Morgan fingerprint density at radius 3 is 2.82 bits per heavy atom. The fraction of sp³-hybridized carbons (Fsp3) is 0.462. The Balaban J connectivity index is 2.69. The third-order valence-corrected chi connectivity index (χ3v) is 3.66. The van der Waals surface area contributed by atoms with Gasteiger partial charge in [0, 0.05) is 0 Å². The Morgan fingerprint density at radius 2 is 2.24 bits per heavy atom. The molecule has 0 saturated carbocycles. The highest BCUT2D eigenvalue weighted by molar-refractivity contribution is 9.10. The highest BCUT2D eigenvalue weighted by Gasteiger charge is 2.15. The molecule has 0 heterocycles. The summed E-state index contributed by atoms with van der Waals surface area (Å²) in [5.41, 5.74) is 1.04. The van der Waals surface area contributed by atoms with E-state index in [-0.39, 0.29) is 16.8 Å². The van der Waals surface area contributed by atoms with Gasteiger partial charge in [-0.05, 0) is 31.0 Å². The molecule has 0 aromatic heterocycles. The molecule has 0 aliphatic rings. The van der Waals surface area contributed by atoms with E-state index in [4.69, 9.17) is 4.74 Å². The van der Waals surface area contributed by atoms with Crippen LogP contribution in [0.15, 0.2) is 24.3 Å². The number of carbonyl (C=O) groups is 1. The molecule has 1 N–H and O–H groups in total. The summed E-state index contributed by atoms with van der Waals surface area (Å²) in [5.74, 6) is 0.817. The van der Waals surface area contributed by atoms with Crippen LogP contribution in [-0.2, 0) is 4.79 Å². The summed E-state index contributed by atoms with van der Waals surface area (Å²) in [7, 11) is 1.63. The standard InChI is InChI=1S/C13H18BrNO2/c1-4-12(14)13(16)15-9(2)10-6-5-7-11(8-10)17-3/h5-9,12H,4H2,1-3H3,(H,15,16)/t9-,12?/m1/s1. The van der Waals surface area contributed by atoms with Crippen molar-refractivity contribution in [3.8, 4) is 5.75 Å². The number of carbonyl (C=O) groups excluding carboxylic acids is 1. The van der Waals surface area contributed by atoms with Gasteiger partial charge in [0.05, 0.1) is 18.0 Å². The average molecular weight is 300 g/mol. The van der Waals surface area contributed by atoms with Crippen LogP contribution < -0.4 is 10.1 Å². The van der Waals surface area contributed by atoms with Gasteiger partial charge in [0.2, 0.25) is 5.91 Å². The predicted molar refractivity (Wildman–Crippen MR) is 72.6 cm³/mol. The van der Waals surface area contributed by atoms with E-state index in [1.807, 2.05) is 38.1 Å². The van der Waals surface area contributed by atoms with Gasteiger partial charge in [-0.15, -0.1) is 0 Å². The van der Waals surface area contributed by atoms with Gasteiger partial charge >= 0.3 is 0 Å². The maximum absolute atomic E-state index is 11.7. The minimum absolute atomic E-state index is 0.0165. The van der Waals surface area contributed by atoms with Gasteiger partial charge in [0.1, 0.15) is 5.75 Å². The molecule has 0 fully saturated rings. The zero-order valence-corrected chi connectivity index (χ0v) is 12.0. The number of amides is 1. The number of alkyl halides is 1. The number of ether oxygens (including phenoxy) is 1. The molecule has 17 heavy (non-hydrogen) atoms. The summed E-state index contributed by atoms with van der Waals surface area (Å²) < 4.78 is 5.16. The first-order chi connectivity index (χ1) is 8.08. The van der Waals surface area contributed by atoms with Crippen molar-refractivity contribution in [1.82, 2.24) is 5.32 Å². The summed E-state index contributed by atoms with van der Waals surface area (Å²) in [4.78, 5) is 11.6. The number of rotatable bonds is 5. The lowest BCUT2D eigenvalue weighted by Gasteiger charge is -2.17. The summed E-state index contributed by atoms with van der Waals surface area (Å²) in [6.07, 6.45) is 0.774. The number of halogens is 1. The molecule has 94 valence electrons. The van der Waals surface area contributed by atoms with Gasteiger partial charge in [-0.25, -0.2) is 0 Å². The quantitative estimate of drug-likeness (QED) is 0.849. The van der Waals surface area contributed by atoms with Crippen LogP contribution in [0.1, 0.15) is 31.9 Å². The van der Waals surface area contributed by atoms with E-state index in [0.29, 0.717) is 0 Å². The van der Waals surface area contributed by atoms with E-state index in [1.54, 1.807) is 7.11 Å². The van der Waals surface area contributed by atoms with Crippen LogP contribution in [0.3, 0.4) is 0 Å². The Bertz CT molecular complexity index is 381. The molecule has 0 bridgehead atoms. The van der Waals surface area contributed by atoms with E-state index in [2.05, 4.69) is 21.2 Å². The van der Waals surface area contributed by atoms with Crippen molar-refractivity contribution in [3.05, 3.63) is 29.8 Å². The molecule has 3 nitrogen and oxygen atoms in total. The van der Waals surface area contributed by atoms with Crippen molar-refractivity contribution < 1.29 is 9.53 Å². The molecular weight excluding hydrogens is 282 g/mol. The summed E-state index contributed by atoms with van der Waals surface area (Å²) >= 11 is 3.33. The lowest BCUT2D eigenvalue weighted by atomic mass is 10.1. The number of nitrogens with one attached hydrogen (secondary N) is 1. The van der Waals surface area contributed by atoms with E-state index in [9.17, 15) is 4.79 Å². The minimum Gasteiger partial charge on any atom is -0.497 e. The third kappa shape index (κ3) is 4.04. The molecule has 1 aromatic rings. The lowest BCUT2D eigenvalue weighted by molar-refractivity contribution is -0.121. The molecule has 4 heteroatoms. The van der Waals surface area contributed by atoms with Gasteiger partial charge in [-0.2, -0.15) is 0 Å². The van der Waals surface area contributed by atoms with Crippen molar-refractivity contribution in [3.63, 3.8) is 0 Å². The Kier molecular flexibility index (Phi) is 5.48. The molecular formula is C13H18BrNO2. The van der Waals surface area contributed by atoms with Crippen LogP contribution in [0.2, 0.25) is 0 Å². The molecule has 2 atom stereocenters. The molecule has 1 amide bonds. The first-order valence-corrected chi connectivity index (χ1v) is 6.58. The van der Waals surface area contributed by atoms with Crippen LogP contribution in [0.25, 0.3) is 0 Å². The number of benzene rings is 1. The first kappa shape index (κ1) is 14.0. The number of hydrogen-bond acceptors (Lipinski definition) is 2. The first-order valence-electron chi connectivity index (χ1n) is 5.66. The second kappa shape index (κ2) is 6.64. The minimum atomic E-state index is -0.129. The maximum atomic E-state index is 11.7.